The first-order chi connectivity index (χ1) is 15.8. The molecule has 1 N–H and O–H groups in total. The Kier molecular flexibility index (Phi) is 6.31. The third-order valence-electron chi connectivity index (χ3n) is 5.04. The summed E-state index contributed by atoms with van der Waals surface area (Å²) in [6, 6.07) is 15.1. The van der Waals surface area contributed by atoms with Crippen molar-refractivity contribution in [1.82, 2.24) is 15.3 Å². The van der Waals surface area contributed by atoms with Gasteiger partial charge >= 0.3 is 6.09 Å². The predicted molar refractivity (Wildman–Crippen MR) is 126 cm³/mol. The van der Waals surface area contributed by atoms with E-state index in [2.05, 4.69) is 15.3 Å². The molecule has 0 saturated carbocycles. The van der Waals surface area contributed by atoms with Crippen molar-refractivity contribution in [2.45, 2.75) is 38.8 Å². The normalized spacial score (nSPS) is 12.4. The van der Waals surface area contributed by atoms with E-state index in [1.54, 1.807) is 19.5 Å². The number of benzene rings is 2. The fraction of sp³-hybridized carbons (Fsp3) is 0.269. The van der Waals surface area contributed by atoms with Crippen LogP contribution in [-0.4, -0.2) is 28.8 Å². The zero-order valence-corrected chi connectivity index (χ0v) is 19.2. The summed E-state index contributed by atoms with van der Waals surface area (Å²) in [4.78, 5) is 21.2. The molecule has 4 rings (SSSR count). The van der Waals surface area contributed by atoms with Crippen molar-refractivity contribution in [1.29, 1.82) is 0 Å². The summed E-state index contributed by atoms with van der Waals surface area (Å²) in [7, 11) is 1.63. The van der Waals surface area contributed by atoms with Gasteiger partial charge in [-0.1, -0.05) is 18.2 Å². The maximum Gasteiger partial charge on any atom is 0.408 e. The van der Waals surface area contributed by atoms with Crippen LogP contribution in [0.2, 0.25) is 0 Å². The summed E-state index contributed by atoms with van der Waals surface area (Å²) in [5.41, 5.74) is 1.25. The quantitative estimate of drug-likeness (QED) is 0.409. The van der Waals surface area contributed by atoms with E-state index in [1.807, 2.05) is 75.5 Å². The number of aromatic nitrogens is 2. The second kappa shape index (κ2) is 9.32. The van der Waals surface area contributed by atoms with E-state index in [0.717, 1.165) is 27.6 Å². The third kappa shape index (κ3) is 5.68. The second-order valence-corrected chi connectivity index (χ2v) is 8.76. The van der Waals surface area contributed by atoms with Gasteiger partial charge in [-0.2, -0.15) is 0 Å². The number of nitrogens with zero attached hydrogens (tertiary/aromatic N) is 2. The molecule has 170 valence electrons. The van der Waals surface area contributed by atoms with Crippen LogP contribution in [0.5, 0.6) is 5.75 Å². The summed E-state index contributed by atoms with van der Waals surface area (Å²) < 4.78 is 16.8. The smallest absolute Gasteiger partial charge is 0.408 e. The average molecular weight is 446 g/mol. The first kappa shape index (κ1) is 22.3. The van der Waals surface area contributed by atoms with E-state index in [-0.39, 0.29) is 0 Å². The average Bonchev–Trinajstić information content (AvgIpc) is 3.28. The zero-order valence-electron chi connectivity index (χ0n) is 19.2. The number of amides is 1. The number of alkyl carbamates (subject to hydrolysis) is 1. The lowest BCUT2D eigenvalue weighted by molar-refractivity contribution is 0.0497. The van der Waals surface area contributed by atoms with Gasteiger partial charge in [0.25, 0.3) is 0 Å². The van der Waals surface area contributed by atoms with Crippen LogP contribution in [0.3, 0.4) is 0 Å². The Bertz CT molecular complexity index is 1240. The molecule has 1 amide bonds. The van der Waals surface area contributed by atoms with Gasteiger partial charge in [0.15, 0.2) is 0 Å². The van der Waals surface area contributed by atoms with Gasteiger partial charge in [0, 0.05) is 29.8 Å². The molecule has 0 aliphatic carbocycles. The minimum atomic E-state index is -0.610. The minimum absolute atomic E-state index is 0.459. The first-order valence-corrected chi connectivity index (χ1v) is 10.7. The number of carbonyl (C=O) groups excluding carboxylic acids is 1. The molecule has 0 radical (unpaired) electrons. The first-order valence-electron chi connectivity index (χ1n) is 10.7. The fourth-order valence-electron chi connectivity index (χ4n) is 3.47. The van der Waals surface area contributed by atoms with E-state index in [4.69, 9.17) is 13.9 Å². The Hall–Kier alpha value is -3.87. The van der Waals surface area contributed by atoms with E-state index in [0.29, 0.717) is 18.1 Å². The maximum absolute atomic E-state index is 12.5. The molecule has 0 spiro atoms. The molecule has 0 saturated heterocycles. The molecular formula is C26H27N3O4. The standard InChI is InChI=1S/C26H27N3O4/c1-26(2,3)33-25(30)29-22(13-17-5-9-21(31-4)10-6-17)23-16-28-24(32-23)19-7-8-20-15-27-12-11-18(20)14-19/h5-12,14-16,22H,13H2,1-4H3,(H,29,30)/t22-/m0/s1. The lowest BCUT2D eigenvalue weighted by Crippen LogP contribution is -2.35. The van der Waals surface area contributed by atoms with Crippen molar-refractivity contribution in [3.8, 4) is 17.2 Å². The fourth-order valence-corrected chi connectivity index (χ4v) is 3.47. The van der Waals surface area contributed by atoms with Crippen LogP contribution >= 0.6 is 0 Å². The van der Waals surface area contributed by atoms with Crippen molar-refractivity contribution in [2.24, 2.45) is 0 Å². The van der Waals surface area contributed by atoms with Gasteiger partial charge in [0.05, 0.1) is 19.3 Å². The van der Waals surface area contributed by atoms with Crippen LogP contribution in [0, 0.1) is 0 Å². The number of hydrogen-bond donors (Lipinski definition) is 1. The Balaban J connectivity index is 1.61. The molecule has 0 bridgehead atoms. The van der Waals surface area contributed by atoms with Crippen molar-refractivity contribution < 1.29 is 18.7 Å². The number of nitrogens with one attached hydrogen (secondary N) is 1. The molecule has 33 heavy (non-hydrogen) atoms. The van der Waals surface area contributed by atoms with Crippen LogP contribution in [0.15, 0.2) is 71.5 Å². The van der Waals surface area contributed by atoms with Crippen LogP contribution in [0.1, 0.15) is 38.1 Å². The Morgan fingerprint density at radius 2 is 1.85 bits per heavy atom. The Labute approximate surface area is 192 Å². The van der Waals surface area contributed by atoms with E-state index >= 15 is 0 Å². The summed E-state index contributed by atoms with van der Waals surface area (Å²) in [5.74, 6) is 1.79. The molecule has 0 aliphatic rings. The molecule has 7 heteroatoms. The molecule has 2 aromatic carbocycles. The van der Waals surface area contributed by atoms with Crippen LogP contribution in [-0.2, 0) is 11.2 Å². The molecule has 7 nitrogen and oxygen atoms in total. The largest absolute Gasteiger partial charge is 0.497 e. The van der Waals surface area contributed by atoms with Crippen molar-refractivity contribution in [3.05, 3.63) is 78.4 Å². The molecule has 2 heterocycles. The van der Waals surface area contributed by atoms with Gasteiger partial charge in [-0.05, 0) is 62.1 Å². The third-order valence-corrected chi connectivity index (χ3v) is 5.04. The lowest BCUT2D eigenvalue weighted by atomic mass is 10.0. The number of pyridine rings is 1. The topological polar surface area (TPSA) is 86.5 Å². The van der Waals surface area contributed by atoms with Crippen LogP contribution < -0.4 is 10.1 Å². The zero-order chi connectivity index (χ0) is 23.4. The lowest BCUT2D eigenvalue weighted by Gasteiger charge is -2.22. The highest BCUT2D eigenvalue weighted by atomic mass is 16.6. The minimum Gasteiger partial charge on any atom is -0.497 e. The number of carbonyl (C=O) groups is 1. The van der Waals surface area contributed by atoms with E-state index in [9.17, 15) is 4.79 Å². The molecule has 0 unspecified atom stereocenters. The number of oxazole rings is 1. The highest BCUT2D eigenvalue weighted by Crippen LogP contribution is 2.28. The SMILES string of the molecule is COc1ccc(C[C@H](NC(=O)OC(C)(C)C)c2cnc(-c3ccc4cnccc4c3)o2)cc1. The van der Waals surface area contributed by atoms with Gasteiger partial charge < -0.3 is 19.2 Å². The van der Waals surface area contributed by atoms with Gasteiger partial charge in [-0.3, -0.25) is 4.98 Å². The number of rotatable bonds is 6. The summed E-state index contributed by atoms with van der Waals surface area (Å²) >= 11 is 0. The number of hydrogen-bond acceptors (Lipinski definition) is 6. The van der Waals surface area contributed by atoms with Crippen molar-refractivity contribution in [3.63, 3.8) is 0 Å². The second-order valence-electron chi connectivity index (χ2n) is 8.76. The molecule has 1 atom stereocenters. The molecule has 0 aliphatic heterocycles. The van der Waals surface area contributed by atoms with Gasteiger partial charge in [-0.15, -0.1) is 0 Å². The van der Waals surface area contributed by atoms with E-state index < -0.39 is 17.7 Å². The maximum atomic E-state index is 12.5. The van der Waals surface area contributed by atoms with Crippen molar-refractivity contribution in [2.75, 3.05) is 7.11 Å². The molecule has 0 fully saturated rings. The predicted octanol–water partition coefficient (Wildman–Crippen LogP) is 5.71. The van der Waals surface area contributed by atoms with Crippen LogP contribution in [0.4, 0.5) is 4.79 Å². The summed E-state index contributed by atoms with van der Waals surface area (Å²) in [6.45, 7) is 5.48. The Morgan fingerprint density at radius 1 is 1.06 bits per heavy atom. The number of fused-ring (bicyclic) bond motifs is 1. The molecule has 4 aromatic rings. The molecular weight excluding hydrogens is 418 g/mol. The van der Waals surface area contributed by atoms with Crippen LogP contribution in [0.25, 0.3) is 22.2 Å². The molecule has 2 aromatic heterocycles. The van der Waals surface area contributed by atoms with Gasteiger partial charge in [-0.25, -0.2) is 9.78 Å². The van der Waals surface area contributed by atoms with Gasteiger partial charge in [0.1, 0.15) is 17.1 Å². The highest BCUT2D eigenvalue weighted by molar-refractivity contribution is 5.85. The highest BCUT2D eigenvalue weighted by Gasteiger charge is 2.24. The monoisotopic (exact) mass is 445 g/mol. The Morgan fingerprint density at radius 3 is 2.58 bits per heavy atom. The summed E-state index contributed by atoms with van der Waals surface area (Å²) in [6.07, 6.45) is 5.20. The van der Waals surface area contributed by atoms with Crippen molar-refractivity contribution >= 4 is 16.9 Å². The van der Waals surface area contributed by atoms with Gasteiger partial charge in [0.2, 0.25) is 5.89 Å². The van der Waals surface area contributed by atoms with E-state index in [1.165, 1.54) is 0 Å². The summed E-state index contributed by atoms with van der Waals surface area (Å²) in [5, 5.41) is 5.01. The number of methoxy groups -OCH3 is 1. The number of ether oxygens (including phenoxy) is 2.